The Kier molecular flexibility index (Phi) is 6.46. The average molecular weight is 401 g/mol. The number of anilines is 1. The third-order valence-electron chi connectivity index (χ3n) is 5.20. The molecule has 0 spiro atoms. The molecule has 6 nitrogen and oxygen atoms in total. The van der Waals surface area contributed by atoms with Crippen molar-refractivity contribution in [3.05, 3.63) is 53.3 Å². The molecule has 156 valence electrons. The topological polar surface area (TPSA) is 65.0 Å². The second kappa shape index (κ2) is 9.03. The number of carbonyl (C=O) groups is 1. The van der Waals surface area contributed by atoms with Gasteiger partial charge in [-0.3, -0.25) is 0 Å². The predicted octanol–water partition coefficient (Wildman–Crippen LogP) is 3.66. The zero-order valence-corrected chi connectivity index (χ0v) is 17.1. The fourth-order valence-electron chi connectivity index (χ4n) is 3.64. The van der Waals surface area contributed by atoms with Crippen LogP contribution >= 0.6 is 0 Å². The van der Waals surface area contributed by atoms with Crippen molar-refractivity contribution >= 4 is 11.7 Å². The summed E-state index contributed by atoms with van der Waals surface area (Å²) in [6.45, 7) is 3.64. The molecule has 1 unspecified atom stereocenters. The minimum atomic E-state index is -0.237. The van der Waals surface area contributed by atoms with E-state index in [4.69, 9.17) is 4.74 Å². The van der Waals surface area contributed by atoms with Gasteiger partial charge < -0.3 is 25.0 Å². The minimum Gasteiger partial charge on any atom is -0.504 e. The van der Waals surface area contributed by atoms with Crippen LogP contribution in [0.1, 0.15) is 24.0 Å². The Morgan fingerprint density at radius 1 is 1.34 bits per heavy atom. The Labute approximate surface area is 170 Å². The van der Waals surface area contributed by atoms with E-state index in [9.17, 15) is 14.3 Å². The lowest BCUT2D eigenvalue weighted by Crippen LogP contribution is -2.51. The average Bonchev–Trinajstić information content (AvgIpc) is 2.70. The molecule has 1 heterocycles. The maximum absolute atomic E-state index is 14.2. The molecular weight excluding hydrogens is 373 g/mol. The first-order chi connectivity index (χ1) is 13.9. The lowest BCUT2D eigenvalue weighted by atomic mass is 10.0. The first-order valence-electron chi connectivity index (χ1n) is 9.76. The first-order valence-corrected chi connectivity index (χ1v) is 9.76. The second-order valence-corrected chi connectivity index (χ2v) is 7.55. The number of ether oxygens (including phenoxy) is 1. The van der Waals surface area contributed by atoms with E-state index in [0.29, 0.717) is 24.5 Å². The number of halogens is 1. The quantitative estimate of drug-likeness (QED) is 0.803. The number of methoxy groups -OCH3 is 1. The van der Waals surface area contributed by atoms with Gasteiger partial charge in [0.2, 0.25) is 0 Å². The Morgan fingerprint density at radius 3 is 2.86 bits per heavy atom. The molecule has 0 saturated carbocycles. The summed E-state index contributed by atoms with van der Waals surface area (Å²) in [5.41, 5.74) is 2.40. The zero-order valence-electron chi connectivity index (χ0n) is 17.1. The summed E-state index contributed by atoms with van der Waals surface area (Å²) in [4.78, 5) is 16.2. The van der Waals surface area contributed by atoms with Crippen molar-refractivity contribution in [1.29, 1.82) is 0 Å². The number of rotatable bonds is 5. The van der Waals surface area contributed by atoms with Crippen LogP contribution in [0.4, 0.5) is 14.9 Å². The van der Waals surface area contributed by atoms with E-state index < -0.39 is 0 Å². The van der Waals surface area contributed by atoms with Gasteiger partial charge >= 0.3 is 6.03 Å². The maximum atomic E-state index is 14.2. The number of aromatic hydroxyl groups is 1. The number of piperidine rings is 1. The van der Waals surface area contributed by atoms with Gasteiger partial charge in [0, 0.05) is 32.7 Å². The highest BCUT2D eigenvalue weighted by Crippen LogP contribution is 2.27. The lowest BCUT2D eigenvalue weighted by Gasteiger charge is -2.35. The van der Waals surface area contributed by atoms with Crippen molar-refractivity contribution in [2.75, 3.05) is 32.1 Å². The second-order valence-electron chi connectivity index (χ2n) is 7.55. The van der Waals surface area contributed by atoms with Crippen molar-refractivity contribution in [3.63, 3.8) is 0 Å². The molecule has 1 fully saturated rings. The van der Waals surface area contributed by atoms with Gasteiger partial charge in [-0.05, 0) is 55.2 Å². The van der Waals surface area contributed by atoms with Crippen LogP contribution in [0.25, 0.3) is 0 Å². The van der Waals surface area contributed by atoms with Gasteiger partial charge in [0.1, 0.15) is 5.82 Å². The minimum absolute atomic E-state index is 0.0434. The molecule has 29 heavy (non-hydrogen) atoms. The van der Waals surface area contributed by atoms with Crippen LogP contribution in [0, 0.1) is 12.7 Å². The number of phenols is 1. The Bertz CT molecular complexity index is 874. The molecular formula is C22H28FN3O3. The smallest absolute Gasteiger partial charge is 0.317 e. The third kappa shape index (κ3) is 5.10. The van der Waals surface area contributed by atoms with Crippen molar-refractivity contribution in [2.24, 2.45) is 0 Å². The summed E-state index contributed by atoms with van der Waals surface area (Å²) >= 11 is 0. The number of amides is 2. The summed E-state index contributed by atoms with van der Waals surface area (Å²) in [5, 5.41) is 12.9. The number of nitrogens with one attached hydrogen (secondary N) is 1. The number of carbonyl (C=O) groups excluding carboxylic acids is 1. The Morgan fingerprint density at radius 2 is 2.14 bits per heavy atom. The molecule has 0 aliphatic carbocycles. The molecule has 2 amide bonds. The molecule has 0 aromatic heterocycles. The Hall–Kier alpha value is -2.96. The number of phenolic OH excluding ortho intramolecular Hbond substituents is 1. The molecule has 1 aliphatic rings. The van der Waals surface area contributed by atoms with E-state index >= 15 is 0 Å². The number of nitrogens with zero attached hydrogens (tertiary/aromatic N) is 2. The Balaban J connectivity index is 1.59. The third-order valence-corrected chi connectivity index (χ3v) is 5.20. The van der Waals surface area contributed by atoms with Gasteiger partial charge in [-0.1, -0.05) is 12.1 Å². The van der Waals surface area contributed by atoms with Gasteiger partial charge in [0.05, 0.1) is 12.8 Å². The zero-order chi connectivity index (χ0) is 21.0. The van der Waals surface area contributed by atoms with Crippen LogP contribution < -0.4 is 15.0 Å². The van der Waals surface area contributed by atoms with Crippen LogP contribution in [0.3, 0.4) is 0 Å². The number of urea groups is 1. The summed E-state index contributed by atoms with van der Waals surface area (Å²) in [6, 6.07) is 9.92. The lowest BCUT2D eigenvalue weighted by molar-refractivity contribution is 0.200. The predicted molar refractivity (Wildman–Crippen MR) is 111 cm³/mol. The monoisotopic (exact) mass is 401 g/mol. The summed E-state index contributed by atoms with van der Waals surface area (Å²) in [7, 11) is 3.20. The molecule has 7 heteroatoms. The van der Waals surface area contributed by atoms with Crippen LogP contribution in [0.2, 0.25) is 0 Å². The van der Waals surface area contributed by atoms with E-state index in [0.717, 1.165) is 30.5 Å². The normalized spacial score (nSPS) is 16.4. The van der Waals surface area contributed by atoms with Crippen molar-refractivity contribution in [3.8, 4) is 11.5 Å². The first kappa shape index (κ1) is 20.8. The summed E-state index contributed by atoms with van der Waals surface area (Å²) < 4.78 is 19.3. The van der Waals surface area contributed by atoms with E-state index in [-0.39, 0.29) is 23.6 Å². The summed E-state index contributed by atoms with van der Waals surface area (Å²) in [6.07, 6.45) is 1.74. The van der Waals surface area contributed by atoms with Crippen molar-refractivity contribution in [1.82, 2.24) is 10.2 Å². The highest BCUT2D eigenvalue weighted by Gasteiger charge is 2.24. The molecule has 1 aliphatic heterocycles. The van der Waals surface area contributed by atoms with E-state index in [1.165, 1.54) is 13.2 Å². The molecule has 1 saturated heterocycles. The highest BCUT2D eigenvalue weighted by atomic mass is 19.1. The van der Waals surface area contributed by atoms with Crippen LogP contribution in [0.15, 0.2) is 36.4 Å². The highest BCUT2D eigenvalue weighted by molar-refractivity contribution is 5.74. The number of aryl methyl sites for hydroxylation is 1. The van der Waals surface area contributed by atoms with Gasteiger partial charge in [-0.15, -0.1) is 0 Å². The van der Waals surface area contributed by atoms with Crippen LogP contribution in [-0.4, -0.2) is 49.3 Å². The van der Waals surface area contributed by atoms with Crippen LogP contribution in [-0.2, 0) is 6.54 Å². The maximum Gasteiger partial charge on any atom is 0.317 e. The molecule has 2 aromatic carbocycles. The number of benzene rings is 2. The van der Waals surface area contributed by atoms with Crippen molar-refractivity contribution in [2.45, 2.75) is 32.4 Å². The molecule has 3 rings (SSSR count). The van der Waals surface area contributed by atoms with Gasteiger partial charge in [-0.25, -0.2) is 9.18 Å². The summed E-state index contributed by atoms with van der Waals surface area (Å²) in [5.74, 6) is 0.201. The van der Waals surface area contributed by atoms with Gasteiger partial charge in [-0.2, -0.15) is 0 Å². The van der Waals surface area contributed by atoms with E-state index in [2.05, 4.69) is 5.32 Å². The fourth-order valence-corrected chi connectivity index (χ4v) is 3.64. The van der Waals surface area contributed by atoms with Gasteiger partial charge in [0.15, 0.2) is 11.5 Å². The van der Waals surface area contributed by atoms with E-state index in [1.54, 1.807) is 30.1 Å². The molecule has 2 N–H and O–H groups in total. The fraction of sp³-hybridized carbons (Fsp3) is 0.409. The van der Waals surface area contributed by atoms with E-state index in [1.807, 2.05) is 24.0 Å². The molecule has 0 bridgehead atoms. The molecule has 2 aromatic rings. The largest absolute Gasteiger partial charge is 0.504 e. The van der Waals surface area contributed by atoms with Gasteiger partial charge in [0.25, 0.3) is 0 Å². The molecule has 1 atom stereocenters. The SMILES string of the molecule is COc1ccc(CN(C)C(=O)NC2CCCN(c3cc(C)ccc3F)C2)cc1O. The number of hydrogen-bond acceptors (Lipinski definition) is 4. The number of hydrogen-bond donors (Lipinski definition) is 2. The molecule has 0 radical (unpaired) electrons. The van der Waals surface area contributed by atoms with Crippen LogP contribution in [0.5, 0.6) is 11.5 Å². The van der Waals surface area contributed by atoms with Crippen molar-refractivity contribution < 1.29 is 19.0 Å². The standard InChI is InChI=1S/C22H28FN3O3/c1-15-6-8-18(23)19(11-15)26-10-4-5-17(14-26)24-22(28)25(2)13-16-7-9-21(29-3)20(27)12-16/h6-9,11-12,17,27H,4-5,10,13-14H2,1-3H3,(H,24,28).